The Morgan fingerprint density at radius 3 is 2.69 bits per heavy atom. The van der Waals surface area contributed by atoms with E-state index >= 15 is 0 Å². The number of carbonyl (C=O) groups excluding carboxylic acids is 2. The molecule has 8 nitrogen and oxygen atoms in total. The second-order valence-electron chi connectivity index (χ2n) is 10.1. The molecule has 4 aliphatic rings. The molecule has 0 aliphatic heterocycles. The highest BCUT2D eigenvalue weighted by Gasteiger charge is 2.59. The molecular formula is C26H31NO7S. The SMILES string of the molecule is C=C1C[C@]23C=C(SCCO)C(=O)[C@@](C)(CCC(=O)Nc4c(O)ccc(C(=O)O)c4O)[C@@H]2C[C@@H]1CC3. The minimum atomic E-state index is -1.39. The number of anilines is 1. The van der Waals surface area contributed by atoms with Gasteiger partial charge >= 0.3 is 5.97 Å². The van der Waals surface area contributed by atoms with Crippen LogP contribution >= 0.6 is 11.8 Å². The lowest BCUT2D eigenvalue weighted by molar-refractivity contribution is -0.136. The average molecular weight is 502 g/mol. The summed E-state index contributed by atoms with van der Waals surface area (Å²) in [6.45, 7) is 6.16. The molecule has 35 heavy (non-hydrogen) atoms. The van der Waals surface area contributed by atoms with Crippen LogP contribution in [-0.4, -0.2) is 50.4 Å². The normalized spacial score (nSPS) is 29.5. The highest BCUT2D eigenvalue weighted by molar-refractivity contribution is 8.04. The molecule has 5 N–H and O–H groups in total. The van der Waals surface area contributed by atoms with Crippen molar-refractivity contribution < 1.29 is 34.8 Å². The zero-order valence-electron chi connectivity index (χ0n) is 19.7. The van der Waals surface area contributed by atoms with Gasteiger partial charge in [0.1, 0.15) is 17.0 Å². The number of benzene rings is 1. The van der Waals surface area contributed by atoms with Crippen molar-refractivity contribution >= 4 is 35.1 Å². The van der Waals surface area contributed by atoms with Crippen LogP contribution in [0.5, 0.6) is 11.5 Å². The van der Waals surface area contributed by atoms with Crippen LogP contribution in [0.15, 0.2) is 35.3 Å². The molecule has 2 bridgehead atoms. The molecule has 0 unspecified atom stereocenters. The number of aliphatic hydroxyl groups excluding tert-OH is 1. The Hall–Kier alpha value is -2.78. The summed E-state index contributed by atoms with van der Waals surface area (Å²) in [7, 11) is 0. The number of carboxylic acid groups (broad SMARTS) is 1. The van der Waals surface area contributed by atoms with E-state index < -0.39 is 34.4 Å². The number of aromatic hydroxyl groups is 2. The zero-order chi connectivity index (χ0) is 25.5. The monoisotopic (exact) mass is 501 g/mol. The van der Waals surface area contributed by atoms with Gasteiger partial charge in [0.05, 0.1) is 6.61 Å². The van der Waals surface area contributed by atoms with Crippen molar-refractivity contribution in [3.8, 4) is 11.5 Å². The van der Waals surface area contributed by atoms with Crippen molar-refractivity contribution in [1.82, 2.24) is 0 Å². The first kappa shape index (κ1) is 25.3. The molecule has 5 rings (SSSR count). The van der Waals surface area contributed by atoms with Crippen LogP contribution in [0.25, 0.3) is 0 Å². The number of nitrogens with one attached hydrogen (secondary N) is 1. The summed E-state index contributed by atoms with van der Waals surface area (Å²) in [5, 5.41) is 41.2. The van der Waals surface area contributed by atoms with Crippen LogP contribution in [0.4, 0.5) is 5.69 Å². The number of aliphatic hydroxyl groups is 1. The molecule has 0 saturated heterocycles. The van der Waals surface area contributed by atoms with E-state index in [1.165, 1.54) is 17.3 Å². The summed E-state index contributed by atoms with van der Waals surface area (Å²) in [6, 6.07) is 2.14. The van der Waals surface area contributed by atoms with Crippen molar-refractivity contribution in [2.45, 2.75) is 45.4 Å². The molecule has 1 amide bonds. The molecule has 188 valence electrons. The van der Waals surface area contributed by atoms with Gasteiger partial charge in [-0.05, 0) is 61.5 Å². The maximum Gasteiger partial charge on any atom is 0.339 e. The Morgan fingerprint density at radius 2 is 2.03 bits per heavy atom. The fourth-order valence-corrected chi connectivity index (χ4v) is 7.28. The van der Waals surface area contributed by atoms with Crippen molar-refractivity contribution in [2.75, 3.05) is 17.7 Å². The van der Waals surface area contributed by atoms with Gasteiger partial charge in [0.25, 0.3) is 0 Å². The van der Waals surface area contributed by atoms with E-state index in [1.807, 2.05) is 6.92 Å². The Bertz CT molecular complexity index is 1130. The summed E-state index contributed by atoms with van der Waals surface area (Å²) in [5.41, 5.74) is -0.568. The molecule has 4 atom stereocenters. The van der Waals surface area contributed by atoms with Crippen LogP contribution in [0.3, 0.4) is 0 Å². The predicted molar refractivity (Wildman–Crippen MR) is 132 cm³/mol. The molecule has 0 aromatic heterocycles. The number of thioether (sulfide) groups is 1. The van der Waals surface area contributed by atoms with E-state index in [0.29, 0.717) is 16.6 Å². The smallest absolute Gasteiger partial charge is 0.339 e. The molecule has 4 aliphatic carbocycles. The Balaban J connectivity index is 1.58. The van der Waals surface area contributed by atoms with Crippen LogP contribution in [-0.2, 0) is 9.59 Å². The zero-order valence-corrected chi connectivity index (χ0v) is 20.5. The van der Waals surface area contributed by atoms with E-state index in [9.17, 15) is 34.8 Å². The standard InChI is InChI=1S/C26H31NO7S/c1-14-12-26-8-5-15(14)11-19(26)25(2,23(32)18(13-26)35-10-9-28)7-6-20(30)27-21-17(29)4-3-16(22(21)31)24(33)34/h3-4,13,15,19,28-29,31H,1,5-12H2,2H3,(H,27,30)(H,33,34)/t15-,19-,25-,26+/m0/s1. The Morgan fingerprint density at radius 1 is 1.29 bits per heavy atom. The molecule has 0 radical (unpaired) electrons. The first-order chi connectivity index (χ1) is 16.5. The van der Waals surface area contributed by atoms with E-state index in [-0.39, 0.29) is 42.3 Å². The van der Waals surface area contributed by atoms with Crippen LogP contribution in [0.2, 0.25) is 0 Å². The maximum atomic E-state index is 13.7. The lowest BCUT2D eigenvalue weighted by Crippen LogP contribution is -2.55. The molecule has 3 fully saturated rings. The van der Waals surface area contributed by atoms with E-state index in [2.05, 4.69) is 18.0 Å². The molecule has 1 aromatic carbocycles. The number of phenols is 2. The number of hydrogen-bond acceptors (Lipinski definition) is 7. The third-order valence-electron chi connectivity index (χ3n) is 8.11. The van der Waals surface area contributed by atoms with Gasteiger partial charge in [-0.3, -0.25) is 9.59 Å². The van der Waals surface area contributed by atoms with Gasteiger partial charge in [0, 0.05) is 22.5 Å². The summed E-state index contributed by atoms with van der Waals surface area (Å²) in [5.74, 6) is -2.27. The first-order valence-corrected chi connectivity index (χ1v) is 12.8. The highest BCUT2D eigenvalue weighted by Crippen LogP contribution is 2.65. The Labute approximate surface area is 208 Å². The molecule has 1 aromatic rings. The lowest BCUT2D eigenvalue weighted by atomic mass is 9.44. The third kappa shape index (κ3) is 4.36. The maximum absolute atomic E-state index is 13.7. The number of carbonyl (C=O) groups is 3. The number of ketones is 1. The number of carboxylic acids is 1. The van der Waals surface area contributed by atoms with E-state index in [4.69, 9.17) is 0 Å². The lowest BCUT2D eigenvalue weighted by Gasteiger charge is -2.59. The largest absolute Gasteiger partial charge is 0.506 e. The van der Waals surface area contributed by atoms with Crippen molar-refractivity contribution in [1.29, 1.82) is 0 Å². The minimum absolute atomic E-state index is 0.0175. The number of phenolic OH excluding ortho intramolecular Hbond substituents is 1. The summed E-state index contributed by atoms with van der Waals surface area (Å²) < 4.78 is 0. The number of hydrogen-bond donors (Lipinski definition) is 5. The molecule has 3 saturated carbocycles. The van der Waals surface area contributed by atoms with Gasteiger partial charge in [-0.1, -0.05) is 25.2 Å². The topological polar surface area (TPSA) is 144 Å². The van der Waals surface area contributed by atoms with Gasteiger partial charge < -0.3 is 25.7 Å². The van der Waals surface area contributed by atoms with Gasteiger partial charge in [0.15, 0.2) is 11.5 Å². The average Bonchev–Trinajstić information content (AvgIpc) is 2.81. The van der Waals surface area contributed by atoms with Crippen molar-refractivity contribution in [3.63, 3.8) is 0 Å². The minimum Gasteiger partial charge on any atom is -0.506 e. The van der Waals surface area contributed by atoms with Crippen molar-refractivity contribution in [2.24, 2.45) is 22.7 Å². The number of fused-ring (bicyclic) bond motifs is 2. The van der Waals surface area contributed by atoms with Crippen LogP contribution in [0.1, 0.15) is 55.8 Å². The van der Waals surface area contributed by atoms with Crippen LogP contribution < -0.4 is 5.32 Å². The number of allylic oxidation sites excluding steroid dienone is 3. The molecular weight excluding hydrogens is 470 g/mol. The van der Waals surface area contributed by atoms with E-state index in [0.717, 1.165) is 37.8 Å². The predicted octanol–water partition coefficient (Wildman–Crippen LogP) is 4.08. The summed E-state index contributed by atoms with van der Waals surface area (Å²) in [4.78, 5) is 38.5. The highest BCUT2D eigenvalue weighted by atomic mass is 32.2. The third-order valence-corrected chi connectivity index (χ3v) is 9.11. The van der Waals surface area contributed by atoms with E-state index in [1.54, 1.807) is 0 Å². The van der Waals surface area contributed by atoms with Gasteiger partial charge in [-0.25, -0.2) is 4.79 Å². The summed E-state index contributed by atoms with van der Waals surface area (Å²) >= 11 is 1.35. The molecule has 9 heteroatoms. The van der Waals surface area contributed by atoms with Gasteiger partial charge in [0.2, 0.25) is 5.91 Å². The van der Waals surface area contributed by atoms with Gasteiger partial charge in [-0.2, -0.15) is 0 Å². The Kier molecular flexibility index (Phi) is 6.76. The fourth-order valence-electron chi connectivity index (χ4n) is 6.29. The number of Topliss-reactive ketones (excluding diaryl/α,β-unsaturated/α-hetero) is 1. The second-order valence-corrected chi connectivity index (χ2v) is 11.3. The quantitative estimate of drug-likeness (QED) is 0.265. The molecule has 0 heterocycles. The summed E-state index contributed by atoms with van der Waals surface area (Å²) in [6.07, 6.45) is 5.99. The van der Waals surface area contributed by atoms with Crippen molar-refractivity contribution in [3.05, 3.63) is 40.8 Å². The number of rotatable bonds is 8. The van der Waals surface area contributed by atoms with Crippen LogP contribution in [0, 0.1) is 22.7 Å². The number of aromatic carboxylic acids is 1. The van der Waals surface area contributed by atoms with Gasteiger partial charge in [-0.15, -0.1) is 11.8 Å². The fraction of sp³-hybridized carbons (Fsp3) is 0.500. The number of amides is 1. The first-order valence-electron chi connectivity index (χ1n) is 11.8. The second kappa shape index (κ2) is 9.35. The molecule has 1 spiro atoms.